The van der Waals surface area contributed by atoms with E-state index in [0.29, 0.717) is 34.2 Å². The highest BCUT2D eigenvalue weighted by Gasteiger charge is 2.22. The van der Waals surface area contributed by atoms with Gasteiger partial charge in [0.2, 0.25) is 5.95 Å². The first kappa shape index (κ1) is 26.9. The van der Waals surface area contributed by atoms with E-state index in [2.05, 4.69) is 56.8 Å². The number of hydrogen-bond acceptors (Lipinski definition) is 9. The lowest BCUT2D eigenvalue weighted by molar-refractivity contribution is 0.101. The molecule has 11 heteroatoms. The second-order valence-electron chi connectivity index (χ2n) is 10.4. The maximum atomic E-state index is 13.1. The molecule has 1 aromatic carbocycles. The Morgan fingerprint density at radius 1 is 1.13 bits per heavy atom. The average Bonchev–Trinajstić information content (AvgIpc) is 3.28. The minimum atomic E-state index is -0.225. The second kappa shape index (κ2) is 11.1. The minimum Gasteiger partial charge on any atom is -0.344 e. The lowest BCUT2D eigenvalue weighted by atomic mass is 9.92. The maximum absolute atomic E-state index is 13.1. The zero-order valence-corrected chi connectivity index (χ0v) is 23.1. The molecule has 4 aromatic rings. The van der Waals surface area contributed by atoms with Crippen molar-refractivity contribution in [1.82, 2.24) is 35.0 Å². The van der Waals surface area contributed by atoms with Crippen LogP contribution in [-0.2, 0) is 12.5 Å². The van der Waals surface area contributed by atoms with E-state index < -0.39 is 0 Å². The molecule has 0 bridgehead atoms. The van der Waals surface area contributed by atoms with E-state index in [1.807, 2.05) is 50.2 Å². The van der Waals surface area contributed by atoms with Crippen molar-refractivity contribution in [3.05, 3.63) is 53.7 Å². The van der Waals surface area contributed by atoms with E-state index in [4.69, 9.17) is 4.98 Å². The minimum absolute atomic E-state index is 0.150. The number of nitrogens with one attached hydrogen (secondary N) is 3. The third kappa shape index (κ3) is 6.05. The number of carbonyl (C=O) groups is 1. The van der Waals surface area contributed by atoms with Crippen molar-refractivity contribution >= 4 is 40.1 Å². The molecule has 4 rings (SSSR count). The molecule has 3 aromatic heterocycles. The third-order valence-corrected chi connectivity index (χ3v) is 6.26. The van der Waals surface area contributed by atoms with E-state index in [1.165, 1.54) is 6.33 Å². The van der Waals surface area contributed by atoms with Gasteiger partial charge in [0, 0.05) is 37.4 Å². The Labute approximate surface area is 223 Å². The Morgan fingerprint density at radius 3 is 2.63 bits per heavy atom. The molecule has 1 amide bonds. The molecule has 200 valence electrons. The molecule has 0 aliphatic rings. The number of aryl methyl sites for hydroxylation is 2. The molecule has 11 nitrogen and oxygen atoms in total. The van der Waals surface area contributed by atoms with Gasteiger partial charge in [-0.3, -0.25) is 9.48 Å². The summed E-state index contributed by atoms with van der Waals surface area (Å²) < 4.78 is 1.61. The van der Waals surface area contributed by atoms with Crippen LogP contribution in [0.1, 0.15) is 48.9 Å². The van der Waals surface area contributed by atoms with Crippen LogP contribution in [0.15, 0.2) is 36.8 Å². The normalized spacial score (nSPS) is 11.6. The van der Waals surface area contributed by atoms with Crippen LogP contribution >= 0.6 is 0 Å². The van der Waals surface area contributed by atoms with Gasteiger partial charge in [-0.2, -0.15) is 5.10 Å². The molecule has 0 unspecified atom stereocenters. The summed E-state index contributed by atoms with van der Waals surface area (Å²) in [7, 11) is 5.68. The van der Waals surface area contributed by atoms with Gasteiger partial charge in [-0.1, -0.05) is 26.8 Å². The smallest absolute Gasteiger partial charge is 0.273 e. The van der Waals surface area contributed by atoms with E-state index in [-0.39, 0.29) is 11.3 Å². The second-order valence-corrected chi connectivity index (χ2v) is 10.4. The zero-order valence-electron chi connectivity index (χ0n) is 23.1. The Balaban J connectivity index is 1.58. The number of hydrogen-bond donors (Lipinski definition) is 3. The van der Waals surface area contributed by atoms with Gasteiger partial charge in [0.05, 0.1) is 11.9 Å². The molecule has 3 heterocycles. The summed E-state index contributed by atoms with van der Waals surface area (Å²) in [5.74, 6) is 0.946. The number of fused-ring (bicyclic) bond motifs is 1. The van der Waals surface area contributed by atoms with Crippen LogP contribution in [0.2, 0.25) is 0 Å². The predicted molar refractivity (Wildman–Crippen MR) is 151 cm³/mol. The van der Waals surface area contributed by atoms with Crippen LogP contribution in [0.3, 0.4) is 0 Å². The van der Waals surface area contributed by atoms with Crippen molar-refractivity contribution in [3.63, 3.8) is 0 Å². The highest BCUT2D eigenvalue weighted by Crippen LogP contribution is 2.28. The third-order valence-electron chi connectivity index (χ3n) is 6.26. The maximum Gasteiger partial charge on any atom is 0.273 e. The first-order chi connectivity index (χ1) is 18.1. The summed E-state index contributed by atoms with van der Waals surface area (Å²) in [6, 6.07) is 7.54. The number of benzene rings is 1. The summed E-state index contributed by atoms with van der Waals surface area (Å²) in [6.45, 7) is 9.94. The fraction of sp³-hybridized carbons (Fsp3) is 0.407. The topological polar surface area (TPSA) is 126 Å². The van der Waals surface area contributed by atoms with Gasteiger partial charge in [0.1, 0.15) is 23.1 Å². The standard InChI is InChI=1S/C27H36N10O/c1-17-9-10-18(32-25(38)21-14-22(27(2,3)4)35-37(21)7)13-19(17)33-24-23-20(30-16-31-24)15-29-26(34-23)36(6)12-8-11-28-5/h9-10,13-16,28H,8,11-12H2,1-7H3,(H,32,38)(H,30,31,33). The van der Waals surface area contributed by atoms with Crippen molar-refractivity contribution in [2.45, 2.75) is 39.5 Å². The summed E-state index contributed by atoms with van der Waals surface area (Å²) in [5.41, 5.74) is 4.91. The van der Waals surface area contributed by atoms with Crippen LogP contribution in [0.25, 0.3) is 11.0 Å². The SMILES string of the molecule is CNCCCN(C)c1ncc2ncnc(Nc3cc(NC(=O)c4cc(C(C)(C)C)nn4C)ccc3C)c2n1. The fourth-order valence-corrected chi connectivity index (χ4v) is 3.92. The van der Waals surface area contributed by atoms with Crippen LogP contribution in [0.4, 0.5) is 23.1 Å². The molecule has 0 spiro atoms. The largest absolute Gasteiger partial charge is 0.344 e. The monoisotopic (exact) mass is 516 g/mol. The molecule has 0 atom stereocenters. The highest BCUT2D eigenvalue weighted by atomic mass is 16.2. The Morgan fingerprint density at radius 2 is 1.92 bits per heavy atom. The quantitative estimate of drug-likeness (QED) is 0.285. The number of anilines is 4. The molecule has 0 radical (unpaired) electrons. The summed E-state index contributed by atoms with van der Waals surface area (Å²) in [6.07, 6.45) is 4.17. The summed E-state index contributed by atoms with van der Waals surface area (Å²) in [4.78, 5) is 33.1. The number of rotatable bonds is 9. The van der Waals surface area contributed by atoms with Crippen LogP contribution in [0.5, 0.6) is 0 Å². The van der Waals surface area contributed by atoms with Crippen molar-refractivity contribution in [1.29, 1.82) is 0 Å². The number of amides is 1. The van der Waals surface area contributed by atoms with Crippen LogP contribution in [0, 0.1) is 6.92 Å². The molecule has 3 N–H and O–H groups in total. The van der Waals surface area contributed by atoms with E-state index in [1.54, 1.807) is 17.9 Å². The number of aromatic nitrogens is 6. The molecule has 0 aliphatic carbocycles. The lowest BCUT2D eigenvalue weighted by Crippen LogP contribution is -2.24. The van der Waals surface area contributed by atoms with Gasteiger partial charge < -0.3 is 20.9 Å². The Hall–Kier alpha value is -4.12. The molecule has 0 aliphatic heterocycles. The van der Waals surface area contributed by atoms with Crippen LogP contribution < -0.4 is 20.9 Å². The summed E-state index contributed by atoms with van der Waals surface area (Å²) in [5, 5.41) is 14.0. The molecule has 0 fully saturated rings. The average molecular weight is 517 g/mol. The van der Waals surface area contributed by atoms with Gasteiger partial charge in [0.25, 0.3) is 5.91 Å². The van der Waals surface area contributed by atoms with Gasteiger partial charge in [-0.25, -0.2) is 19.9 Å². The van der Waals surface area contributed by atoms with E-state index in [9.17, 15) is 4.79 Å². The summed E-state index contributed by atoms with van der Waals surface area (Å²) >= 11 is 0. The van der Waals surface area contributed by atoms with E-state index in [0.717, 1.165) is 36.5 Å². The van der Waals surface area contributed by atoms with Crippen molar-refractivity contribution in [2.75, 3.05) is 42.7 Å². The highest BCUT2D eigenvalue weighted by molar-refractivity contribution is 6.03. The zero-order chi connectivity index (χ0) is 27.4. The van der Waals surface area contributed by atoms with Crippen molar-refractivity contribution < 1.29 is 4.79 Å². The van der Waals surface area contributed by atoms with Crippen molar-refractivity contribution in [2.24, 2.45) is 7.05 Å². The molecular formula is C27H36N10O. The Bertz CT molecular complexity index is 1440. The van der Waals surface area contributed by atoms with Gasteiger partial charge in [-0.15, -0.1) is 0 Å². The molecular weight excluding hydrogens is 480 g/mol. The first-order valence-corrected chi connectivity index (χ1v) is 12.6. The molecule has 0 saturated heterocycles. The van der Waals surface area contributed by atoms with Gasteiger partial charge in [0.15, 0.2) is 5.82 Å². The van der Waals surface area contributed by atoms with Crippen LogP contribution in [-0.4, -0.2) is 62.8 Å². The van der Waals surface area contributed by atoms with E-state index >= 15 is 0 Å². The molecule has 38 heavy (non-hydrogen) atoms. The number of nitrogens with zero attached hydrogens (tertiary/aromatic N) is 7. The fourth-order valence-electron chi connectivity index (χ4n) is 3.92. The predicted octanol–water partition coefficient (Wildman–Crippen LogP) is 3.80. The molecule has 0 saturated carbocycles. The lowest BCUT2D eigenvalue weighted by Gasteiger charge is -2.17. The Kier molecular flexibility index (Phi) is 7.86. The van der Waals surface area contributed by atoms with Gasteiger partial charge >= 0.3 is 0 Å². The van der Waals surface area contributed by atoms with Crippen molar-refractivity contribution in [3.8, 4) is 0 Å². The number of carbonyl (C=O) groups excluding carboxylic acids is 1. The first-order valence-electron chi connectivity index (χ1n) is 12.6. The van der Waals surface area contributed by atoms with Gasteiger partial charge in [-0.05, 0) is 50.7 Å².